The maximum Gasteiger partial charge on any atom is 0.271 e. The van der Waals surface area contributed by atoms with Gasteiger partial charge in [0.2, 0.25) is 5.91 Å². The number of hydrogen-bond donors (Lipinski definition) is 1. The van der Waals surface area contributed by atoms with E-state index >= 15 is 0 Å². The Morgan fingerprint density at radius 3 is 2.88 bits per heavy atom. The molecule has 0 spiro atoms. The molecule has 0 aliphatic carbocycles. The molecule has 1 atom stereocenters. The van der Waals surface area contributed by atoms with Gasteiger partial charge in [-0.3, -0.25) is 14.9 Å². The van der Waals surface area contributed by atoms with Crippen LogP contribution in [0.1, 0.15) is 12.5 Å². The van der Waals surface area contributed by atoms with Gasteiger partial charge in [0.1, 0.15) is 0 Å². The molecule has 7 heteroatoms. The van der Waals surface area contributed by atoms with Crippen LogP contribution in [0.4, 0.5) is 17.1 Å². The number of benzene rings is 2. The Balaban J connectivity index is 1.75. The van der Waals surface area contributed by atoms with Crippen molar-refractivity contribution in [1.29, 1.82) is 0 Å². The Morgan fingerprint density at radius 2 is 2.12 bits per heavy atom. The number of nitro groups is 1. The van der Waals surface area contributed by atoms with Gasteiger partial charge in [-0.15, -0.1) is 0 Å². The molecule has 1 aliphatic rings. The van der Waals surface area contributed by atoms with Crippen molar-refractivity contribution < 1.29 is 9.72 Å². The molecule has 1 aliphatic heterocycles. The number of amides is 1. The average molecular weight is 346 g/mol. The van der Waals surface area contributed by atoms with E-state index in [1.807, 2.05) is 23.1 Å². The highest BCUT2D eigenvalue weighted by atomic mass is 35.5. The summed E-state index contributed by atoms with van der Waals surface area (Å²) in [4.78, 5) is 24.7. The minimum absolute atomic E-state index is 0.116. The maximum absolute atomic E-state index is 12.4. The molecule has 0 saturated carbocycles. The number of anilines is 2. The van der Waals surface area contributed by atoms with Crippen LogP contribution in [0.2, 0.25) is 5.02 Å². The number of nitrogens with one attached hydrogen (secondary N) is 1. The van der Waals surface area contributed by atoms with Gasteiger partial charge in [-0.25, -0.2) is 0 Å². The zero-order valence-electron chi connectivity index (χ0n) is 13.0. The minimum atomic E-state index is -0.523. The number of carbonyl (C=O) groups excluding carboxylic acids is 1. The van der Waals surface area contributed by atoms with Crippen LogP contribution in [0.25, 0.3) is 0 Å². The van der Waals surface area contributed by atoms with Crippen molar-refractivity contribution >= 4 is 34.6 Å². The predicted octanol–water partition coefficient (Wildman–Crippen LogP) is 3.64. The molecule has 2 aromatic rings. The van der Waals surface area contributed by atoms with Crippen molar-refractivity contribution in [2.24, 2.45) is 0 Å². The van der Waals surface area contributed by atoms with Gasteiger partial charge in [-0.2, -0.15) is 0 Å². The third-order valence-electron chi connectivity index (χ3n) is 4.10. The van der Waals surface area contributed by atoms with Crippen molar-refractivity contribution in [3.8, 4) is 0 Å². The predicted molar refractivity (Wildman–Crippen MR) is 93.7 cm³/mol. The van der Waals surface area contributed by atoms with Gasteiger partial charge < -0.3 is 10.2 Å². The fourth-order valence-electron chi connectivity index (χ4n) is 2.94. The fourth-order valence-corrected chi connectivity index (χ4v) is 3.10. The number of nitrogens with zero attached hydrogens (tertiary/aromatic N) is 2. The van der Waals surface area contributed by atoms with Gasteiger partial charge in [0.25, 0.3) is 5.69 Å². The van der Waals surface area contributed by atoms with Crippen LogP contribution in [0.3, 0.4) is 0 Å². The second-order valence-electron chi connectivity index (χ2n) is 5.78. The molecule has 0 fully saturated rings. The van der Waals surface area contributed by atoms with Crippen molar-refractivity contribution in [3.63, 3.8) is 0 Å². The first-order valence-electron chi connectivity index (χ1n) is 7.54. The molecule has 0 saturated heterocycles. The molecule has 6 nitrogen and oxygen atoms in total. The molecule has 0 radical (unpaired) electrons. The maximum atomic E-state index is 12.4. The lowest BCUT2D eigenvalue weighted by Gasteiger charge is -2.24. The van der Waals surface area contributed by atoms with Crippen LogP contribution in [0.15, 0.2) is 42.5 Å². The lowest BCUT2D eigenvalue weighted by atomic mass is 10.1. The third kappa shape index (κ3) is 3.19. The number of rotatable bonds is 4. The quantitative estimate of drug-likeness (QED) is 0.678. The molecular weight excluding hydrogens is 330 g/mol. The van der Waals surface area contributed by atoms with Crippen LogP contribution in [-0.4, -0.2) is 23.4 Å². The Labute approximate surface area is 144 Å². The summed E-state index contributed by atoms with van der Waals surface area (Å²) in [5, 5.41) is 13.8. The number of carbonyl (C=O) groups is 1. The highest BCUT2D eigenvalue weighted by Gasteiger charge is 2.27. The normalized spacial score (nSPS) is 15.9. The summed E-state index contributed by atoms with van der Waals surface area (Å²) in [6.45, 7) is 2.23. The monoisotopic (exact) mass is 345 g/mol. The van der Waals surface area contributed by atoms with E-state index in [1.165, 1.54) is 23.8 Å². The van der Waals surface area contributed by atoms with Crippen LogP contribution >= 0.6 is 11.6 Å². The van der Waals surface area contributed by atoms with Crippen molar-refractivity contribution in [1.82, 2.24) is 0 Å². The second-order valence-corrected chi connectivity index (χ2v) is 6.19. The topological polar surface area (TPSA) is 75.5 Å². The molecule has 1 heterocycles. The summed E-state index contributed by atoms with van der Waals surface area (Å²) < 4.78 is 0. The molecule has 124 valence electrons. The molecule has 24 heavy (non-hydrogen) atoms. The number of fused-ring (bicyclic) bond motifs is 1. The van der Waals surface area contributed by atoms with E-state index in [2.05, 4.69) is 18.3 Å². The standard InChI is InChI=1S/C17H16ClN3O3/c1-11-8-12-4-2-3-5-16(12)20(11)10-17(22)19-15-9-13(21(23)24)6-7-14(15)18/h2-7,9,11H,8,10H2,1H3,(H,19,22). The van der Waals surface area contributed by atoms with Crippen LogP contribution in [-0.2, 0) is 11.2 Å². The Morgan fingerprint density at radius 1 is 1.38 bits per heavy atom. The van der Waals surface area contributed by atoms with Gasteiger partial charge in [0.15, 0.2) is 0 Å². The Hall–Kier alpha value is -2.60. The summed E-state index contributed by atoms with van der Waals surface area (Å²) in [5.41, 5.74) is 2.39. The molecule has 0 bridgehead atoms. The first-order chi connectivity index (χ1) is 11.5. The molecule has 1 amide bonds. The van der Waals surface area contributed by atoms with E-state index in [0.717, 1.165) is 12.1 Å². The van der Waals surface area contributed by atoms with Crippen LogP contribution < -0.4 is 10.2 Å². The summed E-state index contributed by atoms with van der Waals surface area (Å²) in [5.74, 6) is -0.263. The minimum Gasteiger partial charge on any atom is -0.359 e. The van der Waals surface area contributed by atoms with E-state index in [9.17, 15) is 14.9 Å². The molecule has 1 unspecified atom stereocenters. The molecule has 2 aromatic carbocycles. The zero-order chi connectivity index (χ0) is 17.3. The third-order valence-corrected chi connectivity index (χ3v) is 4.43. The number of hydrogen-bond acceptors (Lipinski definition) is 4. The van der Waals surface area contributed by atoms with E-state index in [-0.39, 0.29) is 34.9 Å². The first-order valence-corrected chi connectivity index (χ1v) is 7.92. The number of nitro benzene ring substituents is 1. The largest absolute Gasteiger partial charge is 0.359 e. The van der Waals surface area contributed by atoms with Crippen molar-refractivity contribution in [2.75, 3.05) is 16.8 Å². The van der Waals surface area contributed by atoms with E-state index < -0.39 is 4.92 Å². The highest BCUT2D eigenvalue weighted by Crippen LogP contribution is 2.32. The lowest BCUT2D eigenvalue weighted by Crippen LogP contribution is -2.37. The fraction of sp³-hybridized carbons (Fsp3) is 0.235. The summed E-state index contributed by atoms with van der Waals surface area (Å²) in [6, 6.07) is 12.2. The van der Waals surface area contributed by atoms with Gasteiger partial charge in [0.05, 0.1) is 22.2 Å². The Bertz CT molecular complexity index is 809. The molecule has 3 rings (SSSR count). The summed E-state index contributed by atoms with van der Waals surface area (Å²) in [6.07, 6.45) is 0.890. The van der Waals surface area contributed by atoms with Gasteiger partial charge >= 0.3 is 0 Å². The SMILES string of the molecule is CC1Cc2ccccc2N1CC(=O)Nc1cc([N+](=O)[O-])ccc1Cl. The van der Waals surface area contributed by atoms with Gasteiger partial charge in [-0.1, -0.05) is 29.8 Å². The summed E-state index contributed by atoms with van der Waals surface area (Å²) >= 11 is 6.02. The zero-order valence-corrected chi connectivity index (χ0v) is 13.8. The van der Waals surface area contributed by atoms with Gasteiger partial charge in [0, 0.05) is 23.9 Å². The Kier molecular flexibility index (Phi) is 4.40. The number of para-hydroxylation sites is 1. The van der Waals surface area contributed by atoms with Crippen LogP contribution in [0.5, 0.6) is 0 Å². The highest BCUT2D eigenvalue weighted by molar-refractivity contribution is 6.33. The smallest absolute Gasteiger partial charge is 0.271 e. The molecular formula is C17H16ClN3O3. The van der Waals surface area contributed by atoms with E-state index in [0.29, 0.717) is 0 Å². The van der Waals surface area contributed by atoms with Crippen LogP contribution in [0, 0.1) is 10.1 Å². The average Bonchev–Trinajstić information content (AvgIpc) is 2.85. The van der Waals surface area contributed by atoms with Crippen molar-refractivity contribution in [3.05, 3.63) is 63.2 Å². The number of halogens is 1. The van der Waals surface area contributed by atoms with Crippen molar-refractivity contribution in [2.45, 2.75) is 19.4 Å². The molecule has 1 N–H and O–H groups in total. The molecule has 0 aromatic heterocycles. The number of non-ortho nitro benzene ring substituents is 1. The lowest BCUT2D eigenvalue weighted by molar-refractivity contribution is -0.384. The second kappa shape index (κ2) is 6.49. The van der Waals surface area contributed by atoms with E-state index in [4.69, 9.17) is 11.6 Å². The summed E-state index contributed by atoms with van der Waals surface area (Å²) in [7, 11) is 0. The first kappa shape index (κ1) is 16.3. The van der Waals surface area contributed by atoms with E-state index in [1.54, 1.807) is 0 Å². The van der Waals surface area contributed by atoms with Gasteiger partial charge in [-0.05, 0) is 31.0 Å².